The van der Waals surface area contributed by atoms with Gasteiger partial charge in [0, 0.05) is 16.5 Å². The summed E-state index contributed by atoms with van der Waals surface area (Å²) in [5.41, 5.74) is 0.395. The molecule has 3 aliphatic rings. The molecule has 1 heterocycles. The van der Waals surface area contributed by atoms with Crippen LogP contribution in [0.2, 0.25) is 0 Å². The Kier molecular flexibility index (Phi) is 4.91. The van der Waals surface area contributed by atoms with Crippen LogP contribution in [0.5, 0.6) is 0 Å². The first-order valence-corrected chi connectivity index (χ1v) is 10.3. The van der Waals surface area contributed by atoms with E-state index in [4.69, 9.17) is 4.99 Å². The highest BCUT2D eigenvalue weighted by Gasteiger charge is 2.40. The van der Waals surface area contributed by atoms with Crippen molar-refractivity contribution < 1.29 is 0 Å². The lowest BCUT2D eigenvalue weighted by Crippen LogP contribution is -2.46. The lowest BCUT2D eigenvalue weighted by atomic mass is 9.78. The Morgan fingerprint density at radius 1 is 1.30 bits per heavy atom. The van der Waals surface area contributed by atoms with Crippen molar-refractivity contribution in [3.05, 3.63) is 0 Å². The molecule has 0 bridgehead atoms. The van der Waals surface area contributed by atoms with E-state index in [9.17, 15) is 0 Å². The minimum atomic E-state index is 0.395. The summed E-state index contributed by atoms with van der Waals surface area (Å²) in [5.74, 6) is 3.43. The molecular weight excluding hydrogens is 284 g/mol. The van der Waals surface area contributed by atoms with Crippen molar-refractivity contribution in [1.29, 1.82) is 0 Å². The number of amidine groups is 1. The molecule has 20 heavy (non-hydrogen) atoms. The molecule has 2 unspecified atom stereocenters. The molecule has 0 radical (unpaired) electrons. The molecule has 2 saturated carbocycles. The average molecular weight is 313 g/mol. The van der Waals surface area contributed by atoms with E-state index < -0.39 is 0 Å². The summed E-state index contributed by atoms with van der Waals surface area (Å²) >= 11 is 4.11. The Hall–Kier alpha value is 0.170. The molecule has 0 aromatic heterocycles. The van der Waals surface area contributed by atoms with Gasteiger partial charge in [-0.3, -0.25) is 4.99 Å². The first-order chi connectivity index (χ1) is 9.69. The largest absolute Gasteiger partial charge is 0.359 e. The highest BCUT2D eigenvalue weighted by atomic mass is 32.2. The van der Waals surface area contributed by atoms with Gasteiger partial charge in [0.25, 0.3) is 0 Å². The molecule has 1 saturated heterocycles. The summed E-state index contributed by atoms with van der Waals surface area (Å²) in [6.45, 7) is 4.67. The number of nitrogens with one attached hydrogen (secondary N) is 1. The average Bonchev–Trinajstić information content (AvgIpc) is 3.03. The first kappa shape index (κ1) is 15.1. The van der Waals surface area contributed by atoms with Gasteiger partial charge in [-0.05, 0) is 56.6 Å². The molecule has 2 aliphatic carbocycles. The maximum atomic E-state index is 5.03. The second-order valence-electron chi connectivity index (χ2n) is 6.86. The molecule has 3 rings (SSSR count). The number of nitrogens with zero attached hydrogens (tertiary/aromatic N) is 1. The van der Waals surface area contributed by atoms with E-state index in [1.807, 2.05) is 11.8 Å². The van der Waals surface area contributed by atoms with Crippen LogP contribution < -0.4 is 5.32 Å². The monoisotopic (exact) mass is 312 g/mol. The third-order valence-electron chi connectivity index (χ3n) is 5.15. The highest BCUT2D eigenvalue weighted by Crippen LogP contribution is 2.39. The maximum absolute atomic E-state index is 5.03. The van der Waals surface area contributed by atoms with Crippen molar-refractivity contribution >= 4 is 28.7 Å². The second kappa shape index (κ2) is 6.51. The number of thioether (sulfide) groups is 2. The predicted molar refractivity (Wildman–Crippen MR) is 93.0 cm³/mol. The molecule has 4 heteroatoms. The van der Waals surface area contributed by atoms with E-state index in [2.05, 4.69) is 30.9 Å². The molecular formula is C16H28N2S2. The molecule has 114 valence electrons. The van der Waals surface area contributed by atoms with Gasteiger partial charge in [0.1, 0.15) is 0 Å². The molecule has 0 aromatic carbocycles. The van der Waals surface area contributed by atoms with E-state index in [0.29, 0.717) is 11.6 Å². The Bertz CT molecular complexity index is 361. The minimum absolute atomic E-state index is 0.395. The molecule has 3 fully saturated rings. The molecule has 0 amide bonds. The van der Waals surface area contributed by atoms with Crippen LogP contribution in [0.25, 0.3) is 0 Å². The van der Waals surface area contributed by atoms with Crippen molar-refractivity contribution in [2.75, 3.05) is 11.5 Å². The van der Waals surface area contributed by atoms with Crippen molar-refractivity contribution in [3.8, 4) is 0 Å². The van der Waals surface area contributed by atoms with Gasteiger partial charge < -0.3 is 5.32 Å². The van der Waals surface area contributed by atoms with Crippen LogP contribution in [0.4, 0.5) is 0 Å². The molecule has 1 spiro atoms. The zero-order valence-electron chi connectivity index (χ0n) is 12.9. The number of hydrogen-bond donors (Lipinski definition) is 1. The van der Waals surface area contributed by atoms with Crippen LogP contribution in [0.15, 0.2) is 4.99 Å². The Morgan fingerprint density at radius 2 is 2.10 bits per heavy atom. The van der Waals surface area contributed by atoms with Crippen molar-refractivity contribution in [2.24, 2.45) is 10.9 Å². The van der Waals surface area contributed by atoms with Gasteiger partial charge in [0.05, 0.1) is 6.04 Å². The van der Waals surface area contributed by atoms with E-state index >= 15 is 0 Å². The third-order valence-corrected chi connectivity index (χ3v) is 7.56. The number of rotatable bonds is 3. The van der Waals surface area contributed by atoms with Crippen molar-refractivity contribution in [2.45, 2.75) is 75.6 Å². The Labute approximate surface area is 132 Å². The van der Waals surface area contributed by atoms with Crippen LogP contribution in [0.1, 0.15) is 58.8 Å². The van der Waals surface area contributed by atoms with E-state index in [1.54, 1.807) is 0 Å². The molecule has 2 atom stereocenters. The van der Waals surface area contributed by atoms with Gasteiger partial charge in [0.2, 0.25) is 0 Å². The van der Waals surface area contributed by atoms with Crippen LogP contribution in [0, 0.1) is 5.92 Å². The van der Waals surface area contributed by atoms with Crippen molar-refractivity contribution in [3.63, 3.8) is 0 Å². The SMILES string of the molecule is CCSC1CCC(N=C2NC3(CCC(C)CC3)CS2)C1. The fourth-order valence-electron chi connectivity index (χ4n) is 3.75. The standard InChI is InChI=1S/C16H28N2S2/c1-3-19-14-5-4-13(10-14)17-15-18-16(11-20-15)8-6-12(2)7-9-16/h12-14H,3-11H2,1-2H3,(H,17,18). The molecule has 1 N–H and O–H groups in total. The number of hydrogen-bond acceptors (Lipinski definition) is 3. The zero-order chi connectivity index (χ0) is 14.0. The molecule has 2 nitrogen and oxygen atoms in total. The molecule has 1 aliphatic heterocycles. The topological polar surface area (TPSA) is 24.4 Å². The summed E-state index contributed by atoms with van der Waals surface area (Å²) in [4.78, 5) is 5.03. The molecule has 0 aromatic rings. The minimum Gasteiger partial charge on any atom is -0.359 e. The summed E-state index contributed by atoms with van der Waals surface area (Å²) in [7, 11) is 0. The smallest absolute Gasteiger partial charge is 0.157 e. The lowest BCUT2D eigenvalue weighted by Gasteiger charge is -2.35. The van der Waals surface area contributed by atoms with Gasteiger partial charge in [0.15, 0.2) is 5.17 Å². The second-order valence-corrected chi connectivity index (χ2v) is 9.40. The van der Waals surface area contributed by atoms with Gasteiger partial charge in [-0.15, -0.1) is 0 Å². The van der Waals surface area contributed by atoms with Gasteiger partial charge in [-0.2, -0.15) is 11.8 Å². The van der Waals surface area contributed by atoms with E-state index in [-0.39, 0.29) is 0 Å². The Morgan fingerprint density at radius 3 is 2.85 bits per heavy atom. The maximum Gasteiger partial charge on any atom is 0.157 e. The quantitative estimate of drug-likeness (QED) is 0.841. The van der Waals surface area contributed by atoms with Gasteiger partial charge in [-0.25, -0.2) is 0 Å². The Balaban J connectivity index is 1.53. The fourth-order valence-corrected chi connectivity index (χ4v) is 6.17. The van der Waals surface area contributed by atoms with Gasteiger partial charge in [-0.1, -0.05) is 25.6 Å². The predicted octanol–water partition coefficient (Wildman–Crippen LogP) is 4.30. The van der Waals surface area contributed by atoms with E-state index in [0.717, 1.165) is 11.2 Å². The lowest BCUT2D eigenvalue weighted by molar-refractivity contribution is 0.250. The van der Waals surface area contributed by atoms with Crippen LogP contribution in [-0.4, -0.2) is 33.5 Å². The van der Waals surface area contributed by atoms with Crippen molar-refractivity contribution in [1.82, 2.24) is 5.32 Å². The summed E-state index contributed by atoms with van der Waals surface area (Å²) in [5, 5.41) is 5.93. The van der Waals surface area contributed by atoms with Crippen LogP contribution >= 0.6 is 23.5 Å². The summed E-state index contributed by atoms with van der Waals surface area (Å²) in [6, 6.07) is 0.590. The van der Waals surface area contributed by atoms with Gasteiger partial charge >= 0.3 is 0 Å². The van der Waals surface area contributed by atoms with E-state index in [1.165, 1.54) is 61.6 Å². The fraction of sp³-hybridized carbons (Fsp3) is 0.938. The van der Waals surface area contributed by atoms with Crippen LogP contribution in [-0.2, 0) is 0 Å². The number of aliphatic imine (C=N–C) groups is 1. The first-order valence-electron chi connectivity index (χ1n) is 8.29. The third kappa shape index (κ3) is 3.49. The van der Waals surface area contributed by atoms with Crippen LogP contribution in [0.3, 0.4) is 0 Å². The highest BCUT2D eigenvalue weighted by molar-refractivity contribution is 8.14. The zero-order valence-corrected chi connectivity index (χ0v) is 14.5. The summed E-state index contributed by atoms with van der Waals surface area (Å²) < 4.78 is 0. The summed E-state index contributed by atoms with van der Waals surface area (Å²) in [6.07, 6.45) is 9.44. The normalized spacial score (nSPS) is 43.3.